The van der Waals surface area contributed by atoms with Crippen LogP contribution in [0.4, 0.5) is 0 Å². The maximum Gasteiger partial charge on any atom is 0.326 e. The number of halogens is 1. The van der Waals surface area contributed by atoms with Crippen molar-refractivity contribution < 1.29 is 14.7 Å². The van der Waals surface area contributed by atoms with Gasteiger partial charge in [-0.15, -0.1) is 0 Å². The van der Waals surface area contributed by atoms with Crippen LogP contribution in [-0.2, 0) is 4.79 Å². The summed E-state index contributed by atoms with van der Waals surface area (Å²) in [6.07, 6.45) is 0. The molecule has 4 nitrogen and oxygen atoms in total. The van der Waals surface area contributed by atoms with Crippen LogP contribution in [-0.4, -0.2) is 23.0 Å². The zero-order valence-electron chi connectivity index (χ0n) is 10.5. The van der Waals surface area contributed by atoms with Crippen molar-refractivity contribution >= 4 is 23.5 Å². The first-order chi connectivity index (χ1) is 8.34. The standard InChI is InChI=1S/C13H16ClNO3/c1-7(2)11(13(17)18)15-12(16)9-5-4-6-10(14)8(9)3/h4-7,11H,1-3H3,(H,15,16)(H,17,18)/t11-/m0/s1. The molecule has 0 saturated heterocycles. The molecule has 0 unspecified atom stereocenters. The number of nitrogens with one attached hydrogen (secondary N) is 1. The summed E-state index contributed by atoms with van der Waals surface area (Å²) in [5.74, 6) is -1.65. The van der Waals surface area contributed by atoms with Crippen molar-refractivity contribution in [2.75, 3.05) is 0 Å². The van der Waals surface area contributed by atoms with E-state index in [4.69, 9.17) is 16.7 Å². The van der Waals surface area contributed by atoms with Crippen LogP contribution in [0.1, 0.15) is 29.8 Å². The van der Waals surface area contributed by atoms with Crippen molar-refractivity contribution in [1.29, 1.82) is 0 Å². The predicted octanol–water partition coefficient (Wildman–Crippen LogP) is 2.49. The molecule has 1 rings (SSSR count). The number of carboxylic acids is 1. The van der Waals surface area contributed by atoms with Gasteiger partial charge >= 0.3 is 5.97 Å². The Hall–Kier alpha value is -1.55. The highest BCUT2D eigenvalue weighted by molar-refractivity contribution is 6.31. The third kappa shape index (κ3) is 3.23. The Bertz CT molecular complexity index is 471. The molecular formula is C13H16ClNO3. The lowest BCUT2D eigenvalue weighted by molar-refractivity contribution is -0.140. The molecular weight excluding hydrogens is 254 g/mol. The van der Waals surface area contributed by atoms with Crippen LogP contribution in [0.15, 0.2) is 18.2 Å². The summed E-state index contributed by atoms with van der Waals surface area (Å²) in [4.78, 5) is 23.0. The molecule has 0 aliphatic heterocycles. The molecule has 1 amide bonds. The Kier molecular flexibility index (Phi) is 4.73. The molecule has 0 bridgehead atoms. The molecule has 0 heterocycles. The SMILES string of the molecule is Cc1c(Cl)cccc1C(=O)N[C@H](C(=O)O)C(C)C. The highest BCUT2D eigenvalue weighted by atomic mass is 35.5. The molecule has 98 valence electrons. The number of carboxylic acid groups (broad SMARTS) is 1. The van der Waals surface area contributed by atoms with Crippen molar-refractivity contribution in [2.24, 2.45) is 5.92 Å². The number of benzene rings is 1. The normalized spacial score (nSPS) is 12.3. The molecule has 0 saturated carbocycles. The molecule has 1 aromatic carbocycles. The van der Waals surface area contributed by atoms with Crippen LogP contribution in [0.2, 0.25) is 5.02 Å². The summed E-state index contributed by atoms with van der Waals surface area (Å²) >= 11 is 5.92. The fourth-order valence-electron chi connectivity index (χ4n) is 1.59. The average molecular weight is 270 g/mol. The van der Waals surface area contributed by atoms with Crippen molar-refractivity contribution in [3.05, 3.63) is 34.3 Å². The van der Waals surface area contributed by atoms with E-state index in [0.717, 1.165) is 0 Å². The van der Waals surface area contributed by atoms with Crippen molar-refractivity contribution in [3.63, 3.8) is 0 Å². The summed E-state index contributed by atoms with van der Waals surface area (Å²) in [5.41, 5.74) is 1.04. The van der Waals surface area contributed by atoms with E-state index >= 15 is 0 Å². The number of carbonyl (C=O) groups is 2. The van der Waals surface area contributed by atoms with Crippen LogP contribution >= 0.6 is 11.6 Å². The molecule has 5 heteroatoms. The van der Waals surface area contributed by atoms with Gasteiger partial charge in [0.05, 0.1) is 0 Å². The van der Waals surface area contributed by atoms with E-state index in [-0.39, 0.29) is 5.92 Å². The second-order valence-corrected chi connectivity index (χ2v) is 4.85. The minimum Gasteiger partial charge on any atom is -0.480 e. The van der Waals surface area contributed by atoms with Crippen molar-refractivity contribution in [2.45, 2.75) is 26.8 Å². The summed E-state index contributed by atoms with van der Waals surface area (Å²) in [6, 6.07) is 4.06. The monoisotopic (exact) mass is 269 g/mol. The van der Waals surface area contributed by atoms with Gasteiger partial charge in [-0.05, 0) is 30.5 Å². The van der Waals surface area contributed by atoms with Gasteiger partial charge in [0.25, 0.3) is 5.91 Å². The second-order valence-electron chi connectivity index (χ2n) is 4.45. The minimum atomic E-state index is -1.04. The van der Waals surface area contributed by atoms with E-state index in [1.165, 1.54) is 0 Å². The Morgan fingerprint density at radius 3 is 2.44 bits per heavy atom. The largest absolute Gasteiger partial charge is 0.480 e. The van der Waals surface area contributed by atoms with Crippen LogP contribution in [0.3, 0.4) is 0 Å². The summed E-state index contributed by atoms with van der Waals surface area (Å²) in [7, 11) is 0. The highest BCUT2D eigenvalue weighted by Crippen LogP contribution is 2.19. The van der Waals surface area contributed by atoms with Gasteiger partial charge in [-0.2, -0.15) is 0 Å². The van der Waals surface area contributed by atoms with E-state index in [1.807, 2.05) is 0 Å². The average Bonchev–Trinajstić information content (AvgIpc) is 2.28. The lowest BCUT2D eigenvalue weighted by Gasteiger charge is -2.18. The molecule has 2 N–H and O–H groups in total. The van der Waals surface area contributed by atoms with Gasteiger partial charge in [0, 0.05) is 10.6 Å². The number of rotatable bonds is 4. The maximum absolute atomic E-state index is 12.0. The number of hydrogen-bond acceptors (Lipinski definition) is 2. The fourth-order valence-corrected chi connectivity index (χ4v) is 1.76. The first-order valence-corrected chi connectivity index (χ1v) is 6.01. The van der Waals surface area contributed by atoms with E-state index in [2.05, 4.69) is 5.32 Å². The first kappa shape index (κ1) is 14.5. The lowest BCUT2D eigenvalue weighted by Crippen LogP contribution is -2.44. The first-order valence-electron chi connectivity index (χ1n) is 5.63. The van der Waals surface area contributed by atoms with Gasteiger partial charge in [-0.1, -0.05) is 31.5 Å². The fraction of sp³-hybridized carbons (Fsp3) is 0.385. The highest BCUT2D eigenvalue weighted by Gasteiger charge is 2.24. The third-order valence-corrected chi connectivity index (χ3v) is 3.14. The number of aliphatic carboxylic acids is 1. The van der Waals surface area contributed by atoms with E-state index in [1.54, 1.807) is 39.0 Å². The molecule has 0 spiro atoms. The molecule has 0 aliphatic carbocycles. The van der Waals surface area contributed by atoms with Gasteiger partial charge in [0.1, 0.15) is 6.04 Å². The third-order valence-electron chi connectivity index (χ3n) is 2.73. The predicted molar refractivity (Wildman–Crippen MR) is 69.9 cm³/mol. The smallest absolute Gasteiger partial charge is 0.326 e. The minimum absolute atomic E-state index is 0.189. The van der Waals surface area contributed by atoms with Gasteiger partial charge < -0.3 is 10.4 Å². The Morgan fingerprint density at radius 1 is 1.33 bits per heavy atom. The Morgan fingerprint density at radius 2 is 1.94 bits per heavy atom. The molecule has 18 heavy (non-hydrogen) atoms. The maximum atomic E-state index is 12.0. The number of hydrogen-bond donors (Lipinski definition) is 2. The van der Waals surface area contributed by atoms with E-state index in [0.29, 0.717) is 16.1 Å². The molecule has 0 radical (unpaired) electrons. The van der Waals surface area contributed by atoms with Crippen molar-refractivity contribution in [3.8, 4) is 0 Å². The van der Waals surface area contributed by atoms with E-state index < -0.39 is 17.9 Å². The van der Waals surface area contributed by atoms with E-state index in [9.17, 15) is 9.59 Å². The Labute approximate surface area is 111 Å². The van der Waals surface area contributed by atoms with Crippen LogP contribution < -0.4 is 5.32 Å². The lowest BCUT2D eigenvalue weighted by atomic mass is 10.0. The molecule has 0 aromatic heterocycles. The number of carbonyl (C=O) groups excluding carboxylic acids is 1. The van der Waals surface area contributed by atoms with Crippen LogP contribution in [0.25, 0.3) is 0 Å². The second kappa shape index (κ2) is 5.87. The summed E-state index contributed by atoms with van der Waals surface area (Å²) < 4.78 is 0. The number of amides is 1. The zero-order valence-corrected chi connectivity index (χ0v) is 11.3. The van der Waals surface area contributed by atoms with Crippen molar-refractivity contribution in [1.82, 2.24) is 5.32 Å². The molecule has 0 fully saturated rings. The molecule has 1 atom stereocenters. The Balaban J connectivity index is 2.94. The molecule has 0 aliphatic rings. The summed E-state index contributed by atoms with van der Waals surface area (Å²) in [5, 5.41) is 12.0. The quantitative estimate of drug-likeness (QED) is 0.882. The van der Waals surface area contributed by atoms with Gasteiger partial charge in [-0.25, -0.2) is 4.79 Å². The van der Waals surface area contributed by atoms with Gasteiger partial charge in [0.2, 0.25) is 0 Å². The van der Waals surface area contributed by atoms with Crippen LogP contribution in [0, 0.1) is 12.8 Å². The zero-order chi connectivity index (χ0) is 13.9. The van der Waals surface area contributed by atoms with Crippen LogP contribution in [0.5, 0.6) is 0 Å². The topological polar surface area (TPSA) is 66.4 Å². The van der Waals surface area contributed by atoms with Gasteiger partial charge in [-0.3, -0.25) is 4.79 Å². The molecule has 1 aromatic rings. The van der Waals surface area contributed by atoms with Gasteiger partial charge in [0.15, 0.2) is 0 Å². The summed E-state index contributed by atoms with van der Waals surface area (Å²) in [6.45, 7) is 5.20.